The van der Waals surface area contributed by atoms with Crippen LogP contribution in [-0.4, -0.2) is 49.7 Å². The predicted molar refractivity (Wildman–Crippen MR) is 102 cm³/mol. The van der Waals surface area contributed by atoms with Crippen molar-refractivity contribution in [1.29, 1.82) is 0 Å². The van der Waals surface area contributed by atoms with Gasteiger partial charge in [-0.1, -0.05) is 60.7 Å². The van der Waals surface area contributed by atoms with E-state index in [1.54, 1.807) is 4.90 Å². The van der Waals surface area contributed by atoms with Gasteiger partial charge < -0.3 is 4.90 Å². The largest absolute Gasteiger partial charge is 0.341 e. The molecular weight excluding hydrogens is 348 g/mol. The number of carbonyl (C=O) groups excluding carboxylic acids is 1. The molecule has 0 saturated carbocycles. The highest BCUT2D eigenvalue weighted by Gasteiger charge is 2.26. The molecule has 1 fully saturated rings. The lowest BCUT2D eigenvalue weighted by Crippen LogP contribution is -2.38. The number of sulfonamides is 1. The fourth-order valence-corrected chi connectivity index (χ4v) is 4.74. The van der Waals surface area contributed by atoms with Crippen molar-refractivity contribution >= 4 is 15.9 Å². The number of hydrogen-bond donors (Lipinski definition) is 0. The summed E-state index contributed by atoms with van der Waals surface area (Å²) >= 11 is 0. The monoisotopic (exact) mass is 372 g/mol. The molecule has 6 heteroatoms. The minimum Gasteiger partial charge on any atom is -0.341 e. The summed E-state index contributed by atoms with van der Waals surface area (Å²) in [6, 6.07) is 18.9. The molecule has 1 amide bonds. The van der Waals surface area contributed by atoms with E-state index in [1.807, 2.05) is 60.7 Å². The first-order valence-electron chi connectivity index (χ1n) is 8.88. The number of benzene rings is 2. The highest BCUT2D eigenvalue weighted by molar-refractivity contribution is 7.88. The molecule has 0 bridgehead atoms. The third-order valence-electron chi connectivity index (χ3n) is 4.59. The fraction of sp³-hybridized carbons (Fsp3) is 0.350. The second kappa shape index (κ2) is 8.47. The van der Waals surface area contributed by atoms with Crippen molar-refractivity contribution in [3.63, 3.8) is 0 Å². The molecule has 26 heavy (non-hydrogen) atoms. The zero-order valence-electron chi connectivity index (χ0n) is 14.8. The van der Waals surface area contributed by atoms with Gasteiger partial charge in [-0.05, 0) is 17.5 Å². The van der Waals surface area contributed by atoms with E-state index >= 15 is 0 Å². The van der Waals surface area contributed by atoms with E-state index in [0.29, 0.717) is 39.0 Å². The van der Waals surface area contributed by atoms with Crippen LogP contribution in [0.4, 0.5) is 0 Å². The molecular formula is C20H24N2O3S. The molecule has 2 aromatic carbocycles. The first kappa shape index (κ1) is 18.6. The molecule has 0 unspecified atom stereocenters. The van der Waals surface area contributed by atoms with Crippen molar-refractivity contribution < 1.29 is 13.2 Å². The topological polar surface area (TPSA) is 57.7 Å². The average molecular weight is 372 g/mol. The predicted octanol–water partition coefficient (Wildman–Crippen LogP) is 2.29. The van der Waals surface area contributed by atoms with E-state index in [9.17, 15) is 13.2 Å². The fourth-order valence-electron chi connectivity index (χ4n) is 3.18. The van der Waals surface area contributed by atoms with E-state index in [1.165, 1.54) is 4.31 Å². The second-order valence-electron chi connectivity index (χ2n) is 6.54. The van der Waals surface area contributed by atoms with Gasteiger partial charge in [-0.25, -0.2) is 8.42 Å². The molecule has 1 aliphatic rings. The number of nitrogens with zero attached hydrogens (tertiary/aromatic N) is 2. The van der Waals surface area contributed by atoms with Gasteiger partial charge in [0.25, 0.3) is 0 Å². The Morgan fingerprint density at radius 2 is 1.42 bits per heavy atom. The van der Waals surface area contributed by atoms with Crippen LogP contribution in [0.15, 0.2) is 60.7 Å². The maximum Gasteiger partial charge on any atom is 0.227 e. The molecule has 0 spiro atoms. The van der Waals surface area contributed by atoms with Crippen molar-refractivity contribution in [3.8, 4) is 0 Å². The van der Waals surface area contributed by atoms with Gasteiger partial charge in [0.15, 0.2) is 0 Å². The van der Waals surface area contributed by atoms with E-state index in [0.717, 1.165) is 11.1 Å². The van der Waals surface area contributed by atoms with Crippen LogP contribution in [0.5, 0.6) is 0 Å². The van der Waals surface area contributed by atoms with Gasteiger partial charge in [0, 0.05) is 26.2 Å². The Bertz CT molecular complexity index is 823. The molecule has 138 valence electrons. The summed E-state index contributed by atoms with van der Waals surface area (Å²) in [7, 11) is -3.37. The second-order valence-corrected chi connectivity index (χ2v) is 8.51. The number of rotatable bonds is 5. The first-order chi connectivity index (χ1) is 12.5. The van der Waals surface area contributed by atoms with Crippen molar-refractivity contribution in [1.82, 2.24) is 9.21 Å². The molecule has 5 nitrogen and oxygen atoms in total. The van der Waals surface area contributed by atoms with Gasteiger partial charge in [0.2, 0.25) is 15.9 Å². The Hall–Kier alpha value is -2.18. The van der Waals surface area contributed by atoms with Crippen molar-refractivity contribution in [2.75, 3.05) is 26.2 Å². The standard InChI is InChI=1S/C20H24N2O3S/c23-20(16-18-8-3-1-4-9-18)21-12-7-13-22(15-14-21)26(24,25)17-19-10-5-2-6-11-19/h1-6,8-11H,7,12-17H2. The Balaban J connectivity index is 1.60. The van der Waals surface area contributed by atoms with Gasteiger partial charge in [-0.2, -0.15) is 4.31 Å². The van der Waals surface area contributed by atoms with E-state index < -0.39 is 10.0 Å². The normalized spacial score (nSPS) is 16.2. The van der Waals surface area contributed by atoms with Crippen LogP contribution in [0.1, 0.15) is 17.5 Å². The minimum absolute atomic E-state index is 0.00576. The smallest absolute Gasteiger partial charge is 0.227 e. The van der Waals surface area contributed by atoms with Crippen LogP contribution < -0.4 is 0 Å². The maximum absolute atomic E-state index is 12.7. The molecule has 1 saturated heterocycles. The minimum atomic E-state index is -3.37. The van der Waals surface area contributed by atoms with Crippen LogP contribution in [0, 0.1) is 0 Å². The summed E-state index contributed by atoms with van der Waals surface area (Å²) in [5.74, 6) is 0.0599. The molecule has 0 atom stereocenters. The van der Waals surface area contributed by atoms with E-state index in [-0.39, 0.29) is 11.7 Å². The average Bonchev–Trinajstić information content (AvgIpc) is 2.90. The Morgan fingerprint density at radius 1 is 0.808 bits per heavy atom. The molecule has 0 aliphatic carbocycles. The molecule has 3 rings (SSSR count). The highest BCUT2D eigenvalue weighted by atomic mass is 32.2. The van der Waals surface area contributed by atoms with Crippen molar-refractivity contribution in [2.45, 2.75) is 18.6 Å². The molecule has 0 radical (unpaired) electrons. The van der Waals surface area contributed by atoms with Crippen LogP contribution in [-0.2, 0) is 27.0 Å². The SMILES string of the molecule is O=C(Cc1ccccc1)N1CCCN(S(=O)(=O)Cc2ccccc2)CC1. The molecule has 1 aliphatic heterocycles. The van der Waals surface area contributed by atoms with Crippen LogP contribution >= 0.6 is 0 Å². The van der Waals surface area contributed by atoms with Crippen molar-refractivity contribution in [3.05, 3.63) is 71.8 Å². The Labute approximate surface area is 155 Å². The molecule has 0 aromatic heterocycles. The summed E-state index contributed by atoms with van der Waals surface area (Å²) < 4.78 is 26.9. The summed E-state index contributed by atoms with van der Waals surface area (Å²) in [5, 5.41) is 0. The number of amides is 1. The summed E-state index contributed by atoms with van der Waals surface area (Å²) in [5.41, 5.74) is 1.77. The van der Waals surface area contributed by atoms with Gasteiger partial charge in [-0.15, -0.1) is 0 Å². The van der Waals surface area contributed by atoms with E-state index in [4.69, 9.17) is 0 Å². The Kier molecular flexibility index (Phi) is 6.06. The van der Waals surface area contributed by atoms with Crippen molar-refractivity contribution in [2.24, 2.45) is 0 Å². The number of carbonyl (C=O) groups is 1. The lowest BCUT2D eigenvalue weighted by atomic mass is 10.1. The first-order valence-corrected chi connectivity index (χ1v) is 10.5. The maximum atomic E-state index is 12.7. The lowest BCUT2D eigenvalue weighted by Gasteiger charge is -2.22. The van der Waals surface area contributed by atoms with Crippen LogP contribution in [0.2, 0.25) is 0 Å². The Morgan fingerprint density at radius 3 is 2.08 bits per heavy atom. The summed E-state index contributed by atoms with van der Waals surface area (Å²) in [6.45, 7) is 1.86. The molecule has 0 N–H and O–H groups in total. The molecule has 2 aromatic rings. The lowest BCUT2D eigenvalue weighted by molar-refractivity contribution is -0.130. The van der Waals surface area contributed by atoms with Crippen LogP contribution in [0.25, 0.3) is 0 Å². The molecule has 1 heterocycles. The third kappa shape index (κ3) is 4.93. The zero-order valence-corrected chi connectivity index (χ0v) is 15.6. The van der Waals surface area contributed by atoms with Gasteiger partial charge in [-0.3, -0.25) is 4.79 Å². The summed E-state index contributed by atoms with van der Waals surface area (Å²) in [4.78, 5) is 14.3. The van der Waals surface area contributed by atoms with Gasteiger partial charge >= 0.3 is 0 Å². The van der Waals surface area contributed by atoms with Crippen LogP contribution in [0.3, 0.4) is 0 Å². The quantitative estimate of drug-likeness (QED) is 0.809. The van der Waals surface area contributed by atoms with Gasteiger partial charge in [0.05, 0.1) is 12.2 Å². The zero-order chi connectivity index (χ0) is 18.4. The summed E-state index contributed by atoms with van der Waals surface area (Å²) in [6.07, 6.45) is 1.02. The number of hydrogen-bond acceptors (Lipinski definition) is 3. The van der Waals surface area contributed by atoms with Gasteiger partial charge in [0.1, 0.15) is 0 Å². The highest BCUT2D eigenvalue weighted by Crippen LogP contribution is 2.14. The van der Waals surface area contributed by atoms with E-state index in [2.05, 4.69) is 0 Å². The third-order valence-corrected chi connectivity index (χ3v) is 6.44.